The van der Waals surface area contributed by atoms with E-state index in [1.165, 1.54) is 0 Å². The van der Waals surface area contributed by atoms with Crippen LogP contribution in [0.3, 0.4) is 0 Å². The van der Waals surface area contributed by atoms with Crippen molar-refractivity contribution in [3.63, 3.8) is 0 Å². The van der Waals surface area contributed by atoms with Gasteiger partial charge in [0.05, 0.1) is 28.9 Å². The first kappa shape index (κ1) is 18.2. The molecule has 2 aromatic carbocycles. The van der Waals surface area contributed by atoms with Gasteiger partial charge >= 0.3 is 0 Å². The summed E-state index contributed by atoms with van der Waals surface area (Å²) in [6, 6.07) is 22.7. The Morgan fingerprint density at radius 1 is 0.833 bits per heavy atom. The number of fused-ring (bicyclic) bond motifs is 1. The topological polar surface area (TPSA) is 61.4 Å². The van der Waals surface area contributed by atoms with Gasteiger partial charge in [-0.25, -0.2) is 9.97 Å². The zero-order chi connectivity index (χ0) is 20.3. The van der Waals surface area contributed by atoms with Gasteiger partial charge in [-0.3, -0.25) is 0 Å². The van der Waals surface area contributed by atoms with Crippen LogP contribution in [0.25, 0.3) is 33.5 Å². The molecule has 0 aliphatic heterocycles. The molecule has 0 N–H and O–H groups in total. The molecule has 0 atom stereocenters. The highest BCUT2D eigenvalue weighted by Crippen LogP contribution is 2.31. The molecule has 0 spiro atoms. The lowest BCUT2D eigenvalue weighted by Crippen LogP contribution is -2.08. The Bertz CT molecular complexity index is 1290. The van der Waals surface area contributed by atoms with E-state index in [4.69, 9.17) is 9.97 Å². The summed E-state index contributed by atoms with van der Waals surface area (Å²) in [7, 11) is 0. The molecule has 0 saturated carbocycles. The van der Waals surface area contributed by atoms with Gasteiger partial charge in [-0.2, -0.15) is 0 Å². The molecule has 0 bridgehead atoms. The van der Waals surface area contributed by atoms with Crippen LogP contribution in [0.15, 0.2) is 79.4 Å². The lowest BCUT2D eigenvalue weighted by Gasteiger charge is -2.11. The van der Waals surface area contributed by atoms with Crippen LogP contribution in [0.5, 0.6) is 0 Å². The molecule has 3 heterocycles. The molecule has 0 aliphatic rings. The molecule has 6 nitrogen and oxygen atoms in total. The second kappa shape index (κ2) is 7.91. The Hall–Kier alpha value is -3.80. The van der Waals surface area contributed by atoms with Crippen molar-refractivity contribution < 1.29 is 0 Å². The number of imidazole rings is 1. The number of hydrogen-bond acceptors (Lipinski definition) is 4. The van der Waals surface area contributed by atoms with E-state index in [-0.39, 0.29) is 0 Å². The Balaban J connectivity index is 1.59. The zero-order valence-electron chi connectivity index (χ0n) is 16.8. The number of aromatic nitrogens is 6. The molecule has 5 aromatic rings. The number of benzene rings is 2. The zero-order valence-corrected chi connectivity index (χ0v) is 16.8. The molecule has 5 rings (SSSR count). The van der Waals surface area contributed by atoms with Gasteiger partial charge in [0.15, 0.2) is 0 Å². The van der Waals surface area contributed by atoms with Crippen LogP contribution in [-0.4, -0.2) is 29.3 Å². The summed E-state index contributed by atoms with van der Waals surface area (Å²) in [6.45, 7) is 3.71. The Morgan fingerprint density at radius 2 is 1.67 bits per heavy atom. The van der Waals surface area contributed by atoms with Crippen LogP contribution in [0.4, 0.5) is 0 Å². The van der Waals surface area contributed by atoms with Crippen molar-refractivity contribution in [2.75, 3.05) is 0 Å². The first-order chi connectivity index (χ1) is 14.8. The Labute approximate surface area is 174 Å². The van der Waals surface area contributed by atoms with E-state index in [1.54, 1.807) is 6.33 Å². The van der Waals surface area contributed by atoms with Gasteiger partial charge in [-0.1, -0.05) is 54.6 Å². The number of rotatable bonds is 6. The third-order valence-electron chi connectivity index (χ3n) is 5.34. The standard InChI is InChI=1S/C24H22N6/c1-2-29-17-26-28-22(29)14-15-30-16-25-23(19-9-4-3-5-10-19)24(30)21-13-12-18-8-6-7-11-20(18)27-21/h3-13,16-17H,2,14-15H2,1H3. The van der Waals surface area contributed by atoms with Gasteiger partial charge in [-0.05, 0) is 19.1 Å². The van der Waals surface area contributed by atoms with E-state index in [0.29, 0.717) is 0 Å². The average Bonchev–Trinajstić information content (AvgIpc) is 3.44. The molecule has 0 radical (unpaired) electrons. The fraction of sp³-hybridized carbons (Fsp3) is 0.167. The lowest BCUT2D eigenvalue weighted by molar-refractivity contribution is 0.626. The summed E-state index contributed by atoms with van der Waals surface area (Å²) >= 11 is 0. The Kier molecular flexibility index (Phi) is 4.81. The van der Waals surface area contributed by atoms with Crippen molar-refractivity contribution in [1.29, 1.82) is 0 Å². The van der Waals surface area contributed by atoms with E-state index in [1.807, 2.05) is 42.7 Å². The summed E-state index contributed by atoms with van der Waals surface area (Å²) in [6.07, 6.45) is 4.46. The van der Waals surface area contributed by atoms with Gasteiger partial charge < -0.3 is 9.13 Å². The first-order valence-electron chi connectivity index (χ1n) is 10.2. The summed E-state index contributed by atoms with van der Waals surface area (Å²) < 4.78 is 4.25. The minimum atomic E-state index is 0.752. The molecule has 30 heavy (non-hydrogen) atoms. The van der Waals surface area contributed by atoms with E-state index in [9.17, 15) is 0 Å². The number of para-hydroxylation sites is 1. The minimum Gasteiger partial charge on any atom is -0.328 e. The quantitative estimate of drug-likeness (QED) is 0.422. The number of nitrogens with zero attached hydrogens (tertiary/aromatic N) is 6. The molecule has 6 heteroatoms. The lowest BCUT2D eigenvalue weighted by atomic mass is 10.1. The molecular formula is C24H22N6. The molecule has 0 saturated heterocycles. The fourth-order valence-electron chi connectivity index (χ4n) is 3.78. The largest absolute Gasteiger partial charge is 0.328 e. The van der Waals surface area contributed by atoms with Crippen LogP contribution >= 0.6 is 0 Å². The summed E-state index contributed by atoms with van der Waals surface area (Å²) in [5, 5.41) is 9.45. The van der Waals surface area contributed by atoms with Crippen LogP contribution in [-0.2, 0) is 19.5 Å². The number of aryl methyl sites for hydroxylation is 3. The van der Waals surface area contributed by atoms with Gasteiger partial charge in [0, 0.05) is 30.5 Å². The third kappa shape index (κ3) is 3.37. The van der Waals surface area contributed by atoms with Crippen molar-refractivity contribution in [2.45, 2.75) is 26.4 Å². The maximum absolute atomic E-state index is 4.95. The molecular weight excluding hydrogens is 372 g/mol. The van der Waals surface area contributed by atoms with Gasteiger partial charge in [-0.15, -0.1) is 10.2 Å². The number of pyridine rings is 1. The highest BCUT2D eigenvalue weighted by Gasteiger charge is 2.17. The molecule has 0 unspecified atom stereocenters. The predicted octanol–water partition coefficient (Wildman–Crippen LogP) is 4.62. The van der Waals surface area contributed by atoms with Gasteiger partial charge in [0.1, 0.15) is 12.2 Å². The number of hydrogen-bond donors (Lipinski definition) is 0. The highest BCUT2D eigenvalue weighted by atomic mass is 15.3. The molecule has 3 aromatic heterocycles. The van der Waals surface area contributed by atoms with E-state index >= 15 is 0 Å². The highest BCUT2D eigenvalue weighted by molar-refractivity contribution is 5.84. The molecule has 0 aliphatic carbocycles. The van der Waals surface area contributed by atoms with Crippen LogP contribution in [0, 0.1) is 0 Å². The molecule has 148 valence electrons. The maximum Gasteiger partial charge on any atom is 0.134 e. The molecule has 0 amide bonds. The predicted molar refractivity (Wildman–Crippen MR) is 118 cm³/mol. The second-order valence-corrected chi connectivity index (χ2v) is 7.17. The van der Waals surface area contributed by atoms with Crippen LogP contribution < -0.4 is 0 Å². The Morgan fingerprint density at radius 3 is 2.53 bits per heavy atom. The van der Waals surface area contributed by atoms with Crippen molar-refractivity contribution in [1.82, 2.24) is 29.3 Å². The van der Waals surface area contributed by atoms with Crippen LogP contribution in [0.1, 0.15) is 12.7 Å². The SMILES string of the molecule is CCn1cnnc1CCn1cnc(-c2ccccc2)c1-c1ccc2ccccc2n1. The smallest absolute Gasteiger partial charge is 0.134 e. The van der Waals surface area contributed by atoms with Crippen molar-refractivity contribution >= 4 is 10.9 Å². The minimum absolute atomic E-state index is 0.752. The summed E-state index contributed by atoms with van der Waals surface area (Å²) in [4.78, 5) is 9.71. The average molecular weight is 394 g/mol. The summed E-state index contributed by atoms with van der Waals surface area (Å²) in [5.74, 6) is 0.977. The monoisotopic (exact) mass is 394 g/mol. The van der Waals surface area contributed by atoms with Gasteiger partial charge in [0.25, 0.3) is 0 Å². The van der Waals surface area contributed by atoms with Crippen LogP contribution in [0.2, 0.25) is 0 Å². The first-order valence-corrected chi connectivity index (χ1v) is 10.2. The van der Waals surface area contributed by atoms with E-state index in [2.05, 4.69) is 56.6 Å². The fourth-order valence-corrected chi connectivity index (χ4v) is 3.78. The third-order valence-corrected chi connectivity index (χ3v) is 5.34. The maximum atomic E-state index is 4.95. The normalized spacial score (nSPS) is 11.2. The van der Waals surface area contributed by atoms with Crippen molar-refractivity contribution in [3.8, 4) is 22.6 Å². The van der Waals surface area contributed by atoms with E-state index < -0.39 is 0 Å². The van der Waals surface area contributed by atoms with Crippen molar-refractivity contribution in [2.24, 2.45) is 0 Å². The molecule has 0 fully saturated rings. The second-order valence-electron chi connectivity index (χ2n) is 7.17. The van der Waals surface area contributed by atoms with Gasteiger partial charge in [0.2, 0.25) is 0 Å². The van der Waals surface area contributed by atoms with Crippen molar-refractivity contribution in [3.05, 3.63) is 85.2 Å². The van der Waals surface area contributed by atoms with E-state index in [0.717, 1.165) is 58.9 Å². The summed E-state index contributed by atoms with van der Waals surface area (Å²) in [5.41, 5.74) is 4.94.